The zero-order chi connectivity index (χ0) is 21.9. The van der Waals surface area contributed by atoms with Crippen LogP contribution >= 0.6 is 0 Å². The molecule has 4 N–H and O–H groups in total. The number of rotatable bonds is 8. The number of carboxylic acid groups (broad SMARTS) is 1. The average molecular weight is 431 g/mol. The highest BCUT2D eigenvalue weighted by Crippen LogP contribution is 2.28. The van der Waals surface area contributed by atoms with Crippen LogP contribution in [0, 0.1) is 0 Å². The molecule has 158 valence electrons. The number of hydrogen-bond donors (Lipinski definition) is 4. The van der Waals surface area contributed by atoms with E-state index in [9.17, 15) is 23.1 Å². The number of aliphatic carboxylic acids is 1. The van der Waals surface area contributed by atoms with Crippen LogP contribution in [0.5, 0.6) is 5.75 Å². The molecule has 0 aliphatic heterocycles. The molecular weight excluding hydrogens is 410 g/mol. The van der Waals surface area contributed by atoms with Gasteiger partial charge in [-0.3, -0.25) is 9.59 Å². The molecule has 1 aromatic heterocycles. The fourth-order valence-electron chi connectivity index (χ4n) is 3.09. The van der Waals surface area contributed by atoms with Crippen LogP contribution in [0.4, 0.5) is 5.69 Å². The molecule has 3 rings (SSSR count). The molecule has 0 fully saturated rings. The zero-order valence-electron chi connectivity index (χ0n) is 16.3. The van der Waals surface area contributed by atoms with Crippen molar-refractivity contribution in [2.24, 2.45) is 0 Å². The van der Waals surface area contributed by atoms with Crippen molar-refractivity contribution < 1.29 is 27.9 Å². The first-order chi connectivity index (χ1) is 14.2. The van der Waals surface area contributed by atoms with Gasteiger partial charge in [0.2, 0.25) is 15.9 Å². The molecule has 1 heterocycles. The molecule has 30 heavy (non-hydrogen) atoms. The van der Waals surface area contributed by atoms with Crippen LogP contribution in [-0.2, 0) is 26.0 Å². The average Bonchev–Trinajstić information content (AvgIpc) is 3.10. The lowest BCUT2D eigenvalue weighted by Crippen LogP contribution is -2.42. The van der Waals surface area contributed by atoms with Crippen molar-refractivity contribution in [1.82, 2.24) is 9.71 Å². The van der Waals surface area contributed by atoms with Gasteiger partial charge < -0.3 is 20.1 Å². The summed E-state index contributed by atoms with van der Waals surface area (Å²) in [5.41, 5.74) is 1.81. The lowest BCUT2D eigenvalue weighted by molar-refractivity contribution is -0.138. The number of H-pyrrole nitrogens is 1. The van der Waals surface area contributed by atoms with Gasteiger partial charge >= 0.3 is 5.97 Å². The van der Waals surface area contributed by atoms with E-state index in [4.69, 9.17) is 4.74 Å². The number of sulfonamides is 1. The summed E-state index contributed by atoms with van der Waals surface area (Å²) in [6.07, 6.45) is 1.62. The Bertz CT molecular complexity index is 1200. The number of aromatic amines is 1. The number of hydrogen-bond acceptors (Lipinski definition) is 5. The fourth-order valence-corrected chi connectivity index (χ4v) is 4.29. The van der Waals surface area contributed by atoms with E-state index in [1.165, 1.54) is 32.2 Å². The molecule has 2 aromatic carbocycles. The molecule has 0 bridgehead atoms. The molecule has 0 saturated heterocycles. The van der Waals surface area contributed by atoms with E-state index < -0.39 is 22.0 Å². The highest BCUT2D eigenvalue weighted by atomic mass is 32.2. The van der Waals surface area contributed by atoms with E-state index in [1.54, 1.807) is 6.20 Å². The van der Waals surface area contributed by atoms with E-state index in [-0.39, 0.29) is 23.0 Å². The van der Waals surface area contributed by atoms with Crippen molar-refractivity contribution in [3.8, 4) is 5.75 Å². The van der Waals surface area contributed by atoms with Gasteiger partial charge in [-0.1, -0.05) is 18.2 Å². The van der Waals surface area contributed by atoms with Crippen molar-refractivity contribution in [3.63, 3.8) is 0 Å². The highest BCUT2D eigenvalue weighted by Gasteiger charge is 2.27. The Balaban J connectivity index is 1.87. The number of ether oxygens (including phenoxy) is 1. The molecule has 0 saturated carbocycles. The van der Waals surface area contributed by atoms with Crippen molar-refractivity contribution in [1.29, 1.82) is 0 Å². The van der Waals surface area contributed by atoms with Crippen molar-refractivity contribution in [2.75, 3.05) is 12.4 Å². The van der Waals surface area contributed by atoms with Gasteiger partial charge in [0.25, 0.3) is 0 Å². The Labute approximate surface area is 173 Å². The summed E-state index contributed by atoms with van der Waals surface area (Å²) < 4.78 is 33.0. The number of fused-ring (bicyclic) bond motifs is 1. The summed E-state index contributed by atoms with van der Waals surface area (Å²) in [6.45, 7) is 1.31. The summed E-state index contributed by atoms with van der Waals surface area (Å²) in [6, 6.07) is 9.83. The van der Waals surface area contributed by atoms with Crippen molar-refractivity contribution in [3.05, 3.63) is 54.2 Å². The van der Waals surface area contributed by atoms with Crippen molar-refractivity contribution >= 4 is 38.5 Å². The van der Waals surface area contributed by atoms with Gasteiger partial charge in [0, 0.05) is 36.5 Å². The van der Waals surface area contributed by atoms with Crippen LogP contribution < -0.4 is 14.8 Å². The van der Waals surface area contributed by atoms with Gasteiger partial charge in [0.15, 0.2) is 0 Å². The predicted molar refractivity (Wildman–Crippen MR) is 111 cm³/mol. The van der Waals surface area contributed by atoms with E-state index >= 15 is 0 Å². The Hall–Kier alpha value is -3.37. The van der Waals surface area contributed by atoms with E-state index in [0.717, 1.165) is 10.9 Å². The van der Waals surface area contributed by atoms with Gasteiger partial charge in [-0.05, 0) is 23.8 Å². The van der Waals surface area contributed by atoms with E-state index in [1.807, 2.05) is 24.3 Å². The molecular formula is C20H21N3O6S. The molecule has 1 amide bonds. The highest BCUT2D eigenvalue weighted by molar-refractivity contribution is 7.89. The molecule has 10 heteroatoms. The Kier molecular flexibility index (Phi) is 6.09. The molecule has 0 unspecified atom stereocenters. The molecule has 0 spiro atoms. The number of methoxy groups -OCH3 is 1. The zero-order valence-corrected chi connectivity index (χ0v) is 17.1. The van der Waals surface area contributed by atoms with Crippen LogP contribution in [0.25, 0.3) is 10.9 Å². The maximum Gasteiger partial charge on any atom is 0.322 e. The van der Waals surface area contributed by atoms with Crippen LogP contribution in [0.3, 0.4) is 0 Å². The third-order valence-corrected chi connectivity index (χ3v) is 5.96. The predicted octanol–water partition coefficient (Wildman–Crippen LogP) is 2.11. The minimum atomic E-state index is -4.17. The summed E-state index contributed by atoms with van der Waals surface area (Å²) >= 11 is 0. The Morgan fingerprint density at radius 3 is 2.60 bits per heavy atom. The number of carboxylic acids is 1. The first-order valence-electron chi connectivity index (χ1n) is 8.97. The Morgan fingerprint density at radius 1 is 1.20 bits per heavy atom. The number of carbonyl (C=O) groups excluding carboxylic acids is 1. The SMILES string of the molecule is COc1cc(S(=O)(=O)N[C@H](Cc2c[nH]c3ccccc23)C(=O)O)ccc1NC(C)=O. The molecule has 3 aromatic rings. The number of nitrogens with one attached hydrogen (secondary N) is 3. The molecule has 0 radical (unpaired) electrons. The van der Waals surface area contributed by atoms with Crippen molar-refractivity contribution in [2.45, 2.75) is 24.3 Å². The minimum Gasteiger partial charge on any atom is -0.495 e. The van der Waals surface area contributed by atoms with Gasteiger partial charge in [-0.2, -0.15) is 4.72 Å². The lowest BCUT2D eigenvalue weighted by atomic mass is 10.1. The third-order valence-electron chi connectivity index (χ3n) is 4.49. The van der Waals surface area contributed by atoms with E-state index in [2.05, 4.69) is 15.0 Å². The number of carbonyl (C=O) groups is 2. The van der Waals surface area contributed by atoms with Crippen LogP contribution in [-0.4, -0.2) is 43.5 Å². The number of aromatic nitrogens is 1. The summed E-state index contributed by atoms with van der Waals surface area (Å²) in [7, 11) is -2.84. The van der Waals surface area contributed by atoms with Crippen LogP contribution in [0.1, 0.15) is 12.5 Å². The number of benzene rings is 2. The summed E-state index contributed by atoms with van der Waals surface area (Å²) in [5, 5.41) is 12.9. The second kappa shape index (κ2) is 8.56. The van der Waals surface area contributed by atoms with Gasteiger partial charge in [-0.25, -0.2) is 8.42 Å². The first-order valence-corrected chi connectivity index (χ1v) is 10.5. The van der Waals surface area contributed by atoms with Gasteiger partial charge in [0.1, 0.15) is 11.8 Å². The summed E-state index contributed by atoms with van der Waals surface area (Å²) in [5.74, 6) is -1.51. The molecule has 0 aliphatic rings. The molecule has 9 nitrogen and oxygen atoms in total. The number of para-hydroxylation sites is 1. The van der Waals surface area contributed by atoms with Gasteiger partial charge in [0.05, 0.1) is 17.7 Å². The smallest absolute Gasteiger partial charge is 0.322 e. The second-order valence-electron chi connectivity index (χ2n) is 6.62. The first kappa shape index (κ1) is 21.3. The molecule has 1 atom stereocenters. The quantitative estimate of drug-likeness (QED) is 0.431. The number of anilines is 1. The van der Waals surface area contributed by atoms with Crippen LogP contribution in [0.2, 0.25) is 0 Å². The lowest BCUT2D eigenvalue weighted by Gasteiger charge is -2.16. The largest absolute Gasteiger partial charge is 0.495 e. The monoisotopic (exact) mass is 431 g/mol. The van der Waals surface area contributed by atoms with Gasteiger partial charge in [-0.15, -0.1) is 0 Å². The standard InChI is InChI=1S/C20H21N3O6S/c1-12(24)22-17-8-7-14(10-19(17)29-2)30(27,28)23-18(20(25)26)9-13-11-21-16-6-4-3-5-15(13)16/h3-8,10-11,18,21,23H,9H2,1-2H3,(H,22,24)(H,25,26)/t18-/m1/s1. The maximum atomic E-state index is 12.8. The topological polar surface area (TPSA) is 138 Å². The normalized spacial score (nSPS) is 12.5. The number of amides is 1. The third kappa shape index (κ3) is 4.61. The van der Waals surface area contributed by atoms with E-state index in [0.29, 0.717) is 11.3 Å². The Morgan fingerprint density at radius 2 is 1.93 bits per heavy atom. The second-order valence-corrected chi connectivity index (χ2v) is 8.33. The van der Waals surface area contributed by atoms with Crippen LogP contribution in [0.15, 0.2) is 53.6 Å². The minimum absolute atomic E-state index is 0.0420. The summed E-state index contributed by atoms with van der Waals surface area (Å²) in [4.78, 5) is 25.9. The maximum absolute atomic E-state index is 12.8. The molecule has 0 aliphatic carbocycles. The fraction of sp³-hybridized carbons (Fsp3) is 0.200.